The van der Waals surface area contributed by atoms with Crippen LogP contribution < -0.4 is 26.2 Å². The summed E-state index contributed by atoms with van der Waals surface area (Å²) >= 11 is 0. The van der Waals surface area contributed by atoms with Crippen LogP contribution in [0.4, 0.5) is 34.1 Å². The van der Waals surface area contributed by atoms with E-state index in [4.69, 9.17) is 4.11 Å². The third-order valence-corrected chi connectivity index (χ3v) is 11.1. The zero-order valence-corrected chi connectivity index (χ0v) is 32.1. The van der Waals surface area contributed by atoms with E-state index >= 15 is 0 Å². The Hall–Kier alpha value is -5.80. The minimum Gasteiger partial charge on any atom is -0.311 e. The van der Waals surface area contributed by atoms with Gasteiger partial charge in [0.2, 0.25) is 0 Å². The van der Waals surface area contributed by atoms with Crippen LogP contribution in [0.15, 0.2) is 158 Å². The van der Waals surface area contributed by atoms with Crippen molar-refractivity contribution < 1.29 is 6.85 Å². The third kappa shape index (κ3) is 5.57. The molecule has 9 rings (SSSR count). The van der Waals surface area contributed by atoms with Crippen molar-refractivity contribution in [3.05, 3.63) is 174 Å². The molecule has 0 aliphatic carbocycles. The fourth-order valence-electron chi connectivity index (χ4n) is 8.41. The lowest BCUT2D eigenvalue weighted by Gasteiger charge is -2.45. The SMILES string of the molecule is [2H]c1c([2H])c([2H])c(-c2cccc(-c3ccccc3)c2N2c3ccccc3B3c4cc(C(C)(C)C)ccc4N(c4ccc(C(C)(C)C)cc4)c4cc(C)cc2c43)c([2H])c1[2H]. The van der Waals surface area contributed by atoms with Gasteiger partial charge in [-0.1, -0.05) is 163 Å². The van der Waals surface area contributed by atoms with E-state index in [0.717, 1.165) is 61.7 Å². The van der Waals surface area contributed by atoms with E-state index in [1.807, 2.05) is 30.3 Å². The van der Waals surface area contributed by atoms with E-state index < -0.39 is 6.04 Å². The highest BCUT2D eigenvalue weighted by atomic mass is 15.2. The number of anilines is 6. The van der Waals surface area contributed by atoms with Crippen molar-refractivity contribution in [2.45, 2.75) is 59.3 Å². The molecule has 0 saturated carbocycles. The summed E-state index contributed by atoms with van der Waals surface area (Å²) in [6.45, 7) is 15.6. The second kappa shape index (κ2) is 12.7. The summed E-state index contributed by atoms with van der Waals surface area (Å²) in [4.78, 5) is 4.72. The molecule has 0 bridgehead atoms. The van der Waals surface area contributed by atoms with Crippen molar-refractivity contribution in [2.24, 2.45) is 0 Å². The molecule has 264 valence electrons. The van der Waals surface area contributed by atoms with Crippen molar-refractivity contribution in [1.82, 2.24) is 0 Å². The van der Waals surface area contributed by atoms with Crippen molar-refractivity contribution in [3.8, 4) is 22.3 Å². The van der Waals surface area contributed by atoms with E-state index in [1.165, 1.54) is 16.6 Å². The van der Waals surface area contributed by atoms with Crippen LogP contribution in [0.5, 0.6) is 0 Å². The van der Waals surface area contributed by atoms with Gasteiger partial charge in [-0.05, 0) is 98.4 Å². The number of hydrogen-bond acceptors (Lipinski definition) is 2. The zero-order valence-electron chi connectivity index (χ0n) is 37.1. The van der Waals surface area contributed by atoms with Crippen molar-refractivity contribution in [1.29, 1.82) is 0 Å². The summed E-state index contributed by atoms with van der Waals surface area (Å²) in [5, 5.41) is 0. The quantitative estimate of drug-likeness (QED) is 0.168. The van der Waals surface area contributed by atoms with Crippen LogP contribution in [0.25, 0.3) is 22.3 Å². The van der Waals surface area contributed by atoms with Gasteiger partial charge in [-0.3, -0.25) is 0 Å². The van der Waals surface area contributed by atoms with Crippen LogP contribution in [0.1, 0.15) is 65.1 Å². The highest BCUT2D eigenvalue weighted by Gasteiger charge is 2.44. The number of nitrogens with zero attached hydrogens (tertiary/aromatic N) is 2. The Bertz CT molecular complexity index is 2790. The summed E-state index contributed by atoms with van der Waals surface area (Å²) in [6, 6.07) is 43.6. The zero-order chi connectivity index (χ0) is 41.7. The predicted molar refractivity (Wildman–Crippen MR) is 233 cm³/mol. The van der Waals surface area contributed by atoms with Gasteiger partial charge in [0.1, 0.15) is 0 Å². The van der Waals surface area contributed by atoms with Crippen molar-refractivity contribution in [3.63, 3.8) is 0 Å². The molecule has 0 N–H and O–H groups in total. The standard InChI is InChI=1S/C51H47BN2/c1-34-31-46-48-47(32-34)54(49-40(35-17-10-8-11-18-35)21-16-22-41(49)36-19-12-9-13-20-36)44-24-15-14-23-42(44)52(48)43-33-38(51(5,6)7)27-30-45(43)53(46)39-28-25-37(26-29-39)50(2,3)4/h8-33H,1-7H3/i8D,10D,11D,17D,18D. The van der Waals surface area contributed by atoms with Crippen LogP contribution >= 0.6 is 0 Å². The molecule has 0 aromatic heterocycles. The molecular formula is C51H47BN2. The van der Waals surface area contributed by atoms with E-state index in [-0.39, 0.29) is 47.3 Å². The monoisotopic (exact) mass is 703 g/mol. The number of aryl methyl sites for hydroxylation is 1. The summed E-state index contributed by atoms with van der Waals surface area (Å²) in [5.41, 5.74) is 15.6. The predicted octanol–water partition coefficient (Wildman–Crippen LogP) is 12.0. The third-order valence-electron chi connectivity index (χ3n) is 11.1. The van der Waals surface area contributed by atoms with E-state index in [9.17, 15) is 2.74 Å². The van der Waals surface area contributed by atoms with E-state index in [0.29, 0.717) is 5.56 Å². The Morgan fingerprint density at radius 3 is 1.78 bits per heavy atom. The van der Waals surface area contributed by atoms with Gasteiger partial charge in [0.15, 0.2) is 0 Å². The lowest BCUT2D eigenvalue weighted by Crippen LogP contribution is -2.61. The molecule has 54 heavy (non-hydrogen) atoms. The number of benzene rings is 7. The van der Waals surface area contributed by atoms with Crippen LogP contribution in [-0.2, 0) is 10.8 Å². The molecule has 3 heteroatoms. The Morgan fingerprint density at radius 2 is 1.09 bits per heavy atom. The first-order valence-electron chi connectivity index (χ1n) is 21.4. The minimum absolute atomic E-state index is 0.00186. The molecule has 2 nitrogen and oxygen atoms in total. The number of para-hydroxylation sites is 2. The topological polar surface area (TPSA) is 6.48 Å². The molecule has 0 fully saturated rings. The Kier molecular flexibility index (Phi) is 6.72. The first-order valence-corrected chi connectivity index (χ1v) is 18.9. The lowest BCUT2D eigenvalue weighted by atomic mass is 9.33. The van der Waals surface area contributed by atoms with Gasteiger partial charge in [-0.2, -0.15) is 0 Å². The maximum absolute atomic E-state index is 9.22. The first-order chi connectivity index (χ1) is 28.1. The Morgan fingerprint density at radius 1 is 0.500 bits per heavy atom. The van der Waals surface area contributed by atoms with Crippen LogP contribution in [-0.4, -0.2) is 6.71 Å². The number of rotatable bonds is 4. The molecular weight excluding hydrogens is 651 g/mol. The second-order valence-electron chi connectivity index (χ2n) is 16.8. The smallest absolute Gasteiger partial charge is 0.252 e. The molecule has 0 atom stereocenters. The van der Waals surface area contributed by atoms with Gasteiger partial charge in [0.05, 0.1) is 12.5 Å². The molecule has 0 radical (unpaired) electrons. The highest BCUT2D eigenvalue weighted by Crippen LogP contribution is 2.50. The average Bonchev–Trinajstić information content (AvgIpc) is 3.21. The molecule has 0 unspecified atom stereocenters. The number of fused-ring (bicyclic) bond motifs is 4. The normalized spacial score (nSPS) is 14.6. The maximum Gasteiger partial charge on any atom is 0.252 e. The van der Waals surface area contributed by atoms with Crippen molar-refractivity contribution in [2.75, 3.05) is 9.80 Å². The van der Waals surface area contributed by atoms with Gasteiger partial charge in [0.25, 0.3) is 6.71 Å². The summed E-state index contributed by atoms with van der Waals surface area (Å²) < 4.78 is 44.3. The van der Waals surface area contributed by atoms with Crippen molar-refractivity contribution >= 4 is 57.2 Å². The second-order valence-corrected chi connectivity index (χ2v) is 16.8. The molecule has 2 aliphatic heterocycles. The molecule has 7 aromatic carbocycles. The Balaban J connectivity index is 1.41. The molecule has 7 aromatic rings. The Labute approximate surface area is 328 Å². The van der Waals surface area contributed by atoms with E-state index in [2.05, 4.69) is 155 Å². The highest BCUT2D eigenvalue weighted by molar-refractivity contribution is 7.00. The molecule has 0 amide bonds. The minimum atomic E-state index is -0.410. The summed E-state index contributed by atoms with van der Waals surface area (Å²) in [7, 11) is 0. The first kappa shape index (κ1) is 28.7. The summed E-state index contributed by atoms with van der Waals surface area (Å²) in [5.74, 6) is 0. The average molecular weight is 704 g/mol. The fourth-order valence-corrected chi connectivity index (χ4v) is 8.41. The van der Waals surface area contributed by atoms with Gasteiger partial charge in [-0.25, -0.2) is 0 Å². The molecule has 0 spiro atoms. The fraction of sp³-hybridized carbons (Fsp3) is 0.176. The van der Waals surface area contributed by atoms with Crippen LogP contribution in [0, 0.1) is 6.92 Å². The van der Waals surface area contributed by atoms with Gasteiger partial charge in [-0.15, -0.1) is 0 Å². The van der Waals surface area contributed by atoms with Crippen LogP contribution in [0.2, 0.25) is 0 Å². The molecule has 2 aliphatic rings. The van der Waals surface area contributed by atoms with Gasteiger partial charge in [0, 0.05) is 39.6 Å². The maximum atomic E-state index is 9.22. The summed E-state index contributed by atoms with van der Waals surface area (Å²) in [6.07, 6.45) is 0. The molecule has 2 heterocycles. The van der Waals surface area contributed by atoms with Gasteiger partial charge < -0.3 is 9.80 Å². The molecule has 0 saturated heterocycles. The largest absolute Gasteiger partial charge is 0.311 e. The van der Waals surface area contributed by atoms with Gasteiger partial charge >= 0.3 is 0 Å². The number of hydrogen-bond donors (Lipinski definition) is 0. The van der Waals surface area contributed by atoms with E-state index in [1.54, 1.807) is 0 Å². The van der Waals surface area contributed by atoms with Crippen LogP contribution in [0.3, 0.4) is 0 Å². The lowest BCUT2D eigenvalue weighted by molar-refractivity contribution is 0.590.